The van der Waals surface area contributed by atoms with E-state index in [1.807, 2.05) is 11.8 Å². The largest absolute Gasteiger partial charge is 0.395 e. The van der Waals surface area contributed by atoms with Crippen LogP contribution in [0.3, 0.4) is 0 Å². The first-order valence-electron chi connectivity index (χ1n) is 5.89. The van der Waals surface area contributed by atoms with E-state index in [1.54, 1.807) is 11.6 Å². The third-order valence-corrected chi connectivity index (χ3v) is 3.18. The van der Waals surface area contributed by atoms with Gasteiger partial charge in [0.1, 0.15) is 17.3 Å². The van der Waals surface area contributed by atoms with Crippen molar-refractivity contribution in [2.45, 2.75) is 6.92 Å². The van der Waals surface area contributed by atoms with Crippen molar-refractivity contribution < 1.29 is 9.84 Å². The number of anilines is 1. The van der Waals surface area contributed by atoms with Crippen LogP contribution in [0, 0.1) is 6.92 Å². The molecule has 104 valence electrons. The van der Waals surface area contributed by atoms with Crippen LogP contribution in [-0.2, 0) is 4.74 Å². The number of hydrogen-bond donors (Lipinski definition) is 1. The third kappa shape index (κ3) is 2.78. The van der Waals surface area contributed by atoms with Gasteiger partial charge in [-0.05, 0) is 6.92 Å². The molecule has 0 aliphatic carbocycles. The van der Waals surface area contributed by atoms with E-state index < -0.39 is 0 Å². The Balaban J connectivity index is 2.49. The summed E-state index contributed by atoms with van der Waals surface area (Å²) in [6.07, 6.45) is 1.43. The van der Waals surface area contributed by atoms with Gasteiger partial charge in [0, 0.05) is 25.8 Å². The van der Waals surface area contributed by atoms with Gasteiger partial charge in [0.2, 0.25) is 0 Å². The average molecular weight is 286 g/mol. The molecule has 0 fully saturated rings. The van der Waals surface area contributed by atoms with E-state index in [9.17, 15) is 5.11 Å². The van der Waals surface area contributed by atoms with Crippen LogP contribution in [0.25, 0.3) is 5.78 Å². The first-order chi connectivity index (χ1) is 9.19. The molecular formula is C11H16ClN5O2. The normalized spacial score (nSPS) is 11.2. The lowest BCUT2D eigenvalue weighted by molar-refractivity contribution is 0.202. The van der Waals surface area contributed by atoms with Crippen LogP contribution in [0.1, 0.15) is 5.56 Å². The zero-order chi connectivity index (χ0) is 13.8. The number of hydrogen-bond acceptors (Lipinski definition) is 6. The summed E-state index contributed by atoms with van der Waals surface area (Å²) in [6.45, 7) is 3.50. The molecule has 19 heavy (non-hydrogen) atoms. The highest BCUT2D eigenvalue weighted by Gasteiger charge is 2.17. The summed E-state index contributed by atoms with van der Waals surface area (Å²) in [5, 5.41) is 13.7. The molecule has 2 heterocycles. The van der Waals surface area contributed by atoms with E-state index in [2.05, 4.69) is 15.1 Å². The fourth-order valence-corrected chi connectivity index (χ4v) is 2.06. The molecule has 2 aromatic heterocycles. The van der Waals surface area contributed by atoms with Gasteiger partial charge in [0.05, 0.1) is 13.2 Å². The number of aromatic nitrogens is 4. The molecule has 1 N–H and O–H groups in total. The molecule has 0 saturated heterocycles. The SMILES string of the molecule is COCCN(CCO)c1c(C)c(Cl)nc2ncnn12. The quantitative estimate of drug-likeness (QED) is 0.781. The summed E-state index contributed by atoms with van der Waals surface area (Å²) in [5.74, 6) is 1.21. The number of methoxy groups -OCH3 is 1. The standard InChI is InChI=1S/C11H16ClN5O2/c1-8-9(12)15-11-13-7-14-17(11)10(8)16(3-5-18)4-6-19-2/h7,18H,3-6H2,1-2H3. The van der Waals surface area contributed by atoms with Crippen LogP contribution in [0.15, 0.2) is 6.33 Å². The molecule has 0 aliphatic rings. The summed E-state index contributed by atoms with van der Waals surface area (Å²) in [7, 11) is 1.63. The Hall–Kier alpha value is -1.44. The van der Waals surface area contributed by atoms with Gasteiger partial charge in [-0.3, -0.25) is 0 Å². The first kappa shape index (κ1) is 14.0. The van der Waals surface area contributed by atoms with Gasteiger partial charge < -0.3 is 14.7 Å². The van der Waals surface area contributed by atoms with Crippen LogP contribution in [-0.4, -0.2) is 58.1 Å². The molecule has 0 aliphatic heterocycles. The highest BCUT2D eigenvalue weighted by molar-refractivity contribution is 6.30. The second-order valence-electron chi connectivity index (χ2n) is 4.03. The maximum Gasteiger partial charge on any atom is 0.255 e. The number of rotatable bonds is 6. The van der Waals surface area contributed by atoms with Crippen LogP contribution >= 0.6 is 11.6 Å². The summed E-state index contributed by atoms with van der Waals surface area (Å²) < 4.78 is 6.70. The number of fused-ring (bicyclic) bond motifs is 1. The van der Waals surface area contributed by atoms with Gasteiger partial charge in [-0.25, -0.2) is 0 Å². The molecule has 0 spiro atoms. The van der Waals surface area contributed by atoms with Gasteiger partial charge in [0.15, 0.2) is 0 Å². The molecule has 0 unspecified atom stereocenters. The molecule has 7 nitrogen and oxygen atoms in total. The predicted octanol–water partition coefficient (Wildman–Crippen LogP) is 0.531. The minimum atomic E-state index is 0.0271. The molecule has 0 bridgehead atoms. The molecule has 2 aromatic rings. The van der Waals surface area contributed by atoms with Gasteiger partial charge >= 0.3 is 0 Å². The maximum atomic E-state index is 9.20. The summed E-state index contributed by atoms with van der Waals surface area (Å²) >= 11 is 6.12. The smallest absolute Gasteiger partial charge is 0.255 e. The van der Waals surface area contributed by atoms with Crippen LogP contribution < -0.4 is 4.90 Å². The molecule has 0 saturated carbocycles. The molecule has 0 amide bonds. The number of aliphatic hydroxyl groups excluding tert-OH is 1. The maximum absolute atomic E-state index is 9.20. The topological polar surface area (TPSA) is 75.8 Å². The van der Waals surface area contributed by atoms with Gasteiger partial charge in [0.25, 0.3) is 5.78 Å². The number of ether oxygens (including phenoxy) is 1. The number of aliphatic hydroxyl groups is 1. The number of halogens is 1. The van der Waals surface area contributed by atoms with Crippen molar-refractivity contribution in [2.75, 3.05) is 38.3 Å². The van der Waals surface area contributed by atoms with E-state index in [-0.39, 0.29) is 6.61 Å². The van der Waals surface area contributed by atoms with Crippen molar-refractivity contribution in [3.63, 3.8) is 0 Å². The molecule has 8 heteroatoms. The second-order valence-corrected chi connectivity index (χ2v) is 4.38. The molecule has 2 rings (SSSR count). The van der Waals surface area contributed by atoms with Crippen LogP contribution in [0.5, 0.6) is 0 Å². The Morgan fingerprint density at radius 2 is 2.26 bits per heavy atom. The molecule has 0 aromatic carbocycles. The van der Waals surface area contributed by atoms with Crippen molar-refractivity contribution in [1.82, 2.24) is 19.6 Å². The Labute approximate surface area is 115 Å². The zero-order valence-corrected chi connectivity index (χ0v) is 11.6. The second kappa shape index (κ2) is 6.14. The third-order valence-electron chi connectivity index (χ3n) is 2.81. The minimum absolute atomic E-state index is 0.0271. The van der Waals surface area contributed by atoms with E-state index in [0.29, 0.717) is 30.6 Å². The van der Waals surface area contributed by atoms with E-state index in [4.69, 9.17) is 16.3 Å². The van der Waals surface area contributed by atoms with Gasteiger partial charge in [-0.15, -0.1) is 0 Å². The average Bonchev–Trinajstić information content (AvgIpc) is 2.84. The molecule has 0 atom stereocenters. The van der Waals surface area contributed by atoms with Crippen molar-refractivity contribution >= 4 is 23.2 Å². The summed E-state index contributed by atoms with van der Waals surface area (Å²) in [6, 6.07) is 0. The van der Waals surface area contributed by atoms with Crippen molar-refractivity contribution in [3.8, 4) is 0 Å². The van der Waals surface area contributed by atoms with Crippen LogP contribution in [0.4, 0.5) is 5.82 Å². The zero-order valence-electron chi connectivity index (χ0n) is 10.9. The highest BCUT2D eigenvalue weighted by atomic mass is 35.5. The van der Waals surface area contributed by atoms with Crippen LogP contribution in [0.2, 0.25) is 5.15 Å². The highest BCUT2D eigenvalue weighted by Crippen LogP contribution is 2.25. The van der Waals surface area contributed by atoms with Crippen molar-refractivity contribution in [2.24, 2.45) is 0 Å². The Morgan fingerprint density at radius 1 is 1.47 bits per heavy atom. The van der Waals surface area contributed by atoms with Gasteiger partial charge in [-0.1, -0.05) is 11.6 Å². The van der Waals surface area contributed by atoms with E-state index in [1.165, 1.54) is 6.33 Å². The fraction of sp³-hybridized carbons (Fsp3) is 0.545. The van der Waals surface area contributed by atoms with Gasteiger partial charge in [-0.2, -0.15) is 19.6 Å². The van der Waals surface area contributed by atoms with Crippen molar-refractivity contribution in [1.29, 1.82) is 0 Å². The Bertz CT molecular complexity index is 559. The lowest BCUT2D eigenvalue weighted by Gasteiger charge is -2.25. The summed E-state index contributed by atoms with van der Waals surface area (Å²) in [4.78, 5) is 10.1. The molecule has 0 radical (unpaired) electrons. The van der Waals surface area contributed by atoms with Crippen molar-refractivity contribution in [3.05, 3.63) is 17.0 Å². The molecular weight excluding hydrogens is 270 g/mol. The Kier molecular flexibility index (Phi) is 4.52. The fourth-order valence-electron chi connectivity index (χ4n) is 1.90. The Morgan fingerprint density at radius 3 is 2.95 bits per heavy atom. The first-order valence-corrected chi connectivity index (χ1v) is 6.27. The minimum Gasteiger partial charge on any atom is -0.395 e. The number of nitrogens with zero attached hydrogens (tertiary/aromatic N) is 5. The van der Waals surface area contributed by atoms with E-state index in [0.717, 1.165) is 11.4 Å². The lowest BCUT2D eigenvalue weighted by Crippen LogP contribution is -2.32. The monoisotopic (exact) mass is 285 g/mol. The summed E-state index contributed by atoms with van der Waals surface area (Å²) in [5.41, 5.74) is 0.796. The van der Waals surface area contributed by atoms with E-state index >= 15 is 0 Å². The lowest BCUT2D eigenvalue weighted by atomic mass is 10.3. The predicted molar refractivity (Wildman–Crippen MR) is 71.7 cm³/mol.